The minimum Gasteiger partial charge on any atom is -0.483 e. The molecule has 0 spiro atoms. The number of hydrogen-bond donors (Lipinski definition) is 1. The Balaban J connectivity index is 1.37. The van der Waals surface area contributed by atoms with Crippen LogP contribution in [0.3, 0.4) is 0 Å². The van der Waals surface area contributed by atoms with Gasteiger partial charge >= 0.3 is 0 Å². The first kappa shape index (κ1) is 22.0. The Labute approximate surface area is 188 Å². The second-order valence-corrected chi connectivity index (χ2v) is 9.63. The highest BCUT2D eigenvalue weighted by Crippen LogP contribution is 2.29. The van der Waals surface area contributed by atoms with E-state index in [0.29, 0.717) is 24.5 Å². The molecule has 6 nitrogen and oxygen atoms in total. The van der Waals surface area contributed by atoms with Crippen molar-refractivity contribution >= 4 is 21.6 Å². The molecule has 7 heteroatoms. The summed E-state index contributed by atoms with van der Waals surface area (Å²) in [6.07, 6.45) is 2.84. The third kappa shape index (κ3) is 5.18. The predicted octanol–water partition coefficient (Wildman–Crippen LogP) is 4.55. The summed E-state index contributed by atoms with van der Waals surface area (Å²) >= 11 is 0. The highest BCUT2D eigenvalue weighted by molar-refractivity contribution is 7.89. The van der Waals surface area contributed by atoms with E-state index in [0.717, 1.165) is 30.4 Å². The first-order chi connectivity index (χ1) is 15.5. The van der Waals surface area contributed by atoms with Crippen molar-refractivity contribution in [3.63, 3.8) is 0 Å². The van der Waals surface area contributed by atoms with Gasteiger partial charge in [-0.2, -0.15) is 4.31 Å². The average Bonchev–Trinajstić information content (AvgIpc) is 2.84. The van der Waals surface area contributed by atoms with Crippen LogP contribution in [-0.2, 0) is 14.8 Å². The number of sulfonamides is 1. The van der Waals surface area contributed by atoms with Crippen LogP contribution < -0.4 is 10.1 Å². The highest BCUT2D eigenvalue weighted by atomic mass is 32.2. The van der Waals surface area contributed by atoms with Crippen LogP contribution in [0, 0.1) is 0 Å². The molecule has 1 amide bonds. The summed E-state index contributed by atoms with van der Waals surface area (Å²) in [4.78, 5) is 12.6. The molecule has 4 rings (SSSR count). The lowest BCUT2D eigenvalue weighted by molar-refractivity contribution is -0.118. The molecule has 0 unspecified atom stereocenters. The van der Waals surface area contributed by atoms with E-state index in [9.17, 15) is 13.2 Å². The number of carbonyl (C=O) groups excluding carboxylic acids is 1. The van der Waals surface area contributed by atoms with Crippen LogP contribution in [0.15, 0.2) is 83.8 Å². The third-order valence-electron chi connectivity index (χ3n) is 5.42. The first-order valence-corrected chi connectivity index (χ1v) is 12.2. The lowest BCUT2D eigenvalue weighted by Gasteiger charge is -2.25. The number of amides is 1. The molecule has 3 aromatic carbocycles. The Morgan fingerprint density at radius 1 is 0.844 bits per heavy atom. The number of benzene rings is 3. The van der Waals surface area contributed by atoms with E-state index in [1.165, 1.54) is 16.4 Å². The van der Waals surface area contributed by atoms with Gasteiger partial charge in [0.1, 0.15) is 5.75 Å². The minimum atomic E-state index is -3.49. The summed E-state index contributed by atoms with van der Waals surface area (Å²) in [6.45, 7) is 0.961. The quantitative estimate of drug-likeness (QED) is 0.573. The molecule has 166 valence electrons. The number of anilines is 1. The van der Waals surface area contributed by atoms with E-state index in [4.69, 9.17) is 4.74 Å². The maximum Gasteiger partial charge on any atom is 0.262 e. The fourth-order valence-corrected chi connectivity index (χ4v) is 5.27. The number of nitrogens with zero attached hydrogens (tertiary/aromatic N) is 1. The molecule has 1 fully saturated rings. The largest absolute Gasteiger partial charge is 0.483 e. The average molecular weight is 451 g/mol. The van der Waals surface area contributed by atoms with Crippen molar-refractivity contribution in [3.8, 4) is 16.9 Å². The Bertz CT molecular complexity index is 1160. The van der Waals surface area contributed by atoms with Crippen molar-refractivity contribution in [3.05, 3.63) is 78.9 Å². The van der Waals surface area contributed by atoms with Crippen LogP contribution in [-0.4, -0.2) is 38.3 Å². The lowest BCUT2D eigenvalue weighted by Crippen LogP contribution is -2.35. The van der Waals surface area contributed by atoms with Crippen molar-refractivity contribution in [1.82, 2.24) is 4.31 Å². The molecular formula is C25H26N2O4S. The second kappa shape index (κ2) is 9.97. The number of piperidine rings is 1. The molecule has 1 saturated heterocycles. The molecule has 1 N–H and O–H groups in total. The summed E-state index contributed by atoms with van der Waals surface area (Å²) in [5, 5.41) is 2.76. The zero-order valence-electron chi connectivity index (χ0n) is 17.7. The van der Waals surface area contributed by atoms with Crippen LogP contribution in [0.1, 0.15) is 19.3 Å². The zero-order chi connectivity index (χ0) is 22.4. The van der Waals surface area contributed by atoms with Crippen molar-refractivity contribution in [2.75, 3.05) is 25.0 Å². The molecule has 0 aliphatic carbocycles. The van der Waals surface area contributed by atoms with Crippen molar-refractivity contribution in [1.29, 1.82) is 0 Å². The normalized spacial score (nSPS) is 14.6. The van der Waals surface area contributed by atoms with Crippen molar-refractivity contribution < 1.29 is 17.9 Å². The second-order valence-electron chi connectivity index (χ2n) is 7.69. The molecular weight excluding hydrogens is 424 g/mol. The summed E-state index contributed by atoms with van der Waals surface area (Å²) in [6, 6.07) is 23.7. The molecule has 1 aliphatic rings. The molecule has 0 radical (unpaired) electrons. The summed E-state index contributed by atoms with van der Waals surface area (Å²) in [7, 11) is -3.49. The number of nitrogens with one attached hydrogen (secondary N) is 1. The fraction of sp³-hybridized carbons (Fsp3) is 0.240. The van der Waals surface area contributed by atoms with Gasteiger partial charge in [0.05, 0.1) is 4.90 Å². The molecule has 1 heterocycles. The smallest absolute Gasteiger partial charge is 0.262 e. The Morgan fingerprint density at radius 2 is 1.50 bits per heavy atom. The fourth-order valence-electron chi connectivity index (χ4n) is 3.75. The summed E-state index contributed by atoms with van der Waals surface area (Å²) in [5.74, 6) is 0.302. The predicted molar refractivity (Wildman–Crippen MR) is 125 cm³/mol. The Morgan fingerprint density at radius 3 is 2.22 bits per heavy atom. The van der Waals surface area contributed by atoms with E-state index in [2.05, 4.69) is 5.32 Å². The number of ether oxygens (including phenoxy) is 1. The van der Waals surface area contributed by atoms with Crippen molar-refractivity contribution in [2.45, 2.75) is 24.2 Å². The zero-order valence-corrected chi connectivity index (χ0v) is 18.6. The Kier molecular flexibility index (Phi) is 6.87. The topological polar surface area (TPSA) is 75.7 Å². The van der Waals surface area contributed by atoms with E-state index >= 15 is 0 Å². The maximum absolute atomic E-state index is 12.7. The van der Waals surface area contributed by atoms with E-state index < -0.39 is 10.0 Å². The van der Waals surface area contributed by atoms with Gasteiger partial charge in [0.2, 0.25) is 10.0 Å². The van der Waals surface area contributed by atoms with Gasteiger partial charge < -0.3 is 10.1 Å². The maximum atomic E-state index is 12.7. The van der Waals surface area contributed by atoms with E-state index in [1.807, 2.05) is 54.6 Å². The SMILES string of the molecule is O=C(COc1ccccc1-c1ccccc1)Nc1ccc(S(=O)(=O)N2CCCCC2)cc1. The minimum absolute atomic E-state index is 0.155. The van der Waals surface area contributed by atoms with Gasteiger partial charge in [0, 0.05) is 24.3 Å². The molecule has 1 aliphatic heterocycles. The number of carbonyl (C=O) groups is 1. The molecule has 0 bridgehead atoms. The molecule has 3 aromatic rings. The summed E-state index contributed by atoms with van der Waals surface area (Å²) in [5.41, 5.74) is 2.44. The Hall–Kier alpha value is -3.16. The van der Waals surface area contributed by atoms with E-state index in [1.54, 1.807) is 12.1 Å². The third-order valence-corrected chi connectivity index (χ3v) is 7.33. The monoisotopic (exact) mass is 450 g/mol. The van der Waals surface area contributed by atoms with Crippen LogP contribution in [0.5, 0.6) is 5.75 Å². The highest BCUT2D eigenvalue weighted by Gasteiger charge is 2.25. The van der Waals surface area contributed by atoms with Crippen LogP contribution >= 0.6 is 0 Å². The van der Waals surface area contributed by atoms with Crippen molar-refractivity contribution in [2.24, 2.45) is 0 Å². The van der Waals surface area contributed by atoms with Gasteiger partial charge in [-0.15, -0.1) is 0 Å². The van der Waals surface area contributed by atoms with Gasteiger partial charge in [-0.1, -0.05) is 55.0 Å². The number of para-hydroxylation sites is 1. The lowest BCUT2D eigenvalue weighted by atomic mass is 10.1. The number of rotatable bonds is 7. The van der Waals surface area contributed by atoms with Gasteiger partial charge in [-0.05, 0) is 48.7 Å². The standard InChI is InChI=1S/C25H26N2O4S/c28-25(19-31-24-12-6-5-11-23(24)20-9-3-1-4-10-20)26-21-13-15-22(16-14-21)32(29,30)27-17-7-2-8-18-27/h1,3-6,9-16H,2,7-8,17-19H2,(H,26,28). The molecule has 0 aromatic heterocycles. The summed E-state index contributed by atoms with van der Waals surface area (Å²) < 4.78 is 32.8. The molecule has 32 heavy (non-hydrogen) atoms. The van der Waals surface area contributed by atoms with Crippen LogP contribution in [0.25, 0.3) is 11.1 Å². The van der Waals surface area contributed by atoms with Gasteiger partial charge in [-0.3, -0.25) is 4.79 Å². The first-order valence-electron chi connectivity index (χ1n) is 10.7. The number of hydrogen-bond acceptors (Lipinski definition) is 4. The van der Waals surface area contributed by atoms with Gasteiger partial charge in [0.15, 0.2) is 6.61 Å². The molecule has 0 saturated carbocycles. The molecule has 0 atom stereocenters. The van der Waals surface area contributed by atoms with Gasteiger partial charge in [-0.25, -0.2) is 8.42 Å². The van der Waals surface area contributed by atoms with Crippen LogP contribution in [0.4, 0.5) is 5.69 Å². The van der Waals surface area contributed by atoms with Crippen LogP contribution in [0.2, 0.25) is 0 Å². The van der Waals surface area contributed by atoms with E-state index in [-0.39, 0.29) is 17.4 Å². The van der Waals surface area contributed by atoms with Gasteiger partial charge in [0.25, 0.3) is 5.91 Å².